The van der Waals surface area contributed by atoms with Gasteiger partial charge in [0, 0.05) is 17.0 Å². The molecule has 24 heavy (non-hydrogen) atoms. The number of hydrogen-bond donors (Lipinski definition) is 1. The van der Waals surface area contributed by atoms with E-state index in [-0.39, 0.29) is 12.0 Å². The van der Waals surface area contributed by atoms with Crippen molar-refractivity contribution in [2.24, 2.45) is 7.05 Å². The number of carboxylic acids is 1. The second-order valence-corrected chi connectivity index (χ2v) is 5.96. The Bertz CT molecular complexity index is 945. The third-order valence-electron chi connectivity index (χ3n) is 4.49. The molecule has 122 valence electrons. The standard InChI is InChI=1S/C19H17NO4/c1-20-16-8-7-12(19-23-9-4-10-24-19)11-15(16)13-5-2-3-6-14(13)17(20)18(21)22/h2-3,5-8,11,19H,4,9-10H2,1H3/p+1. The molecule has 0 atom stereocenters. The van der Waals surface area contributed by atoms with Crippen LogP contribution < -0.4 is 4.57 Å². The van der Waals surface area contributed by atoms with Gasteiger partial charge in [-0.25, -0.2) is 4.79 Å². The summed E-state index contributed by atoms with van der Waals surface area (Å²) in [6.07, 6.45) is 0.551. The third-order valence-corrected chi connectivity index (χ3v) is 4.49. The molecular weight excluding hydrogens is 306 g/mol. The van der Waals surface area contributed by atoms with Crippen LogP contribution in [0.1, 0.15) is 28.8 Å². The fraction of sp³-hybridized carbons (Fsp3) is 0.263. The summed E-state index contributed by atoms with van der Waals surface area (Å²) in [6, 6.07) is 13.5. The second-order valence-electron chi connectivity index (χ2n) is 5.96. The van der Waals surface area contributed by atoms with Crippen molar-refractivity contribution in [2.45, 2.75) is 12.7 Å². The van der Waals surface area contributed by atoms with Crippen LogP contribution in [0, 0.1) is 0 Å². The minimum absolute atomic E-state index is 0.288. The molecule has 1 saturated heterocycles. The number of ether oxygens (including phenoxy) is 2. The van der Waals surface area contributed by atoms with E-state index >= 15 is 0 Å². The lowest BCUT2D eigenvalue weighted by Crippen LogP contribution is -2.37. The quantitative estimate of drug-likeness (QED) is 0.581. The zero-order valence-electron chi connectivity index (χ0n) is 13.4. The normalized spacial score (nSPS) is 15.9. The first kappa shape index (κ1) is 15.1. The molecule has 1 N–H and O–H groups in total. The van der Waals surface area contributed by atoms with E-state index in [9.17, 15) is 9.90 Å². The Kier molecular flexibility index (Phi) is 3.67. The van der Waals surface area contributed by atoms with Crippen LogP contribution in [0.4, 0.5) is 0 Å². The second kappa shape index (κ2) is 5.85. The zero-order valence-corrected chi connectivity index (χ0v) is 13.4. The van der Waals surface area contributed by atoms with Crippen molar-refractivity contribution in [3.8, 4) is 0 Å². The highest BCUT2D eigenvalue weighted by atomic mass is 16.7. The van der Waals surface area contributed by atoms with Crippen LogP contribution in [0.5, 0.6) is 0 Å². The highest BCUT2D eigenvalue weighted by Gasteiger charge is 2.25. The van der Waals surface area contributed by atoms with Crippen LogP contribution in [0.25, 0.3) is 21.7 Å². The molecule has 0 bridgehead atoms. The van der Waals surface area contributed by atoms with E-state index in [1.54, 1.807) is 11.6 Å². The first-order chi connectivity index (χ1) is 11.7. The molecule has 5 nitrogen and oxygen atoms in total. The van der Waals surface area contributed by atoms with Crippen LogP contribution in [0.15, 0.2) is 42.5 Å². The van der Waals surface area contributed by atoms with Crippen molar-refractivity contribution >= 4 is 27.6 Å². The number of aryl methyl sites for hydroxylation is 1. The molecular formula is C19H18NO4+. The summed E-state index contributed by atoms with van der Waals surface area (Å²) in [6.45, 7) is 1.38. The number of pyridine rings is 1. The highest BCUT2D eigenvalue weighted by molar-refractivity contribution is 6.10. The van der Waals surface area contributed by atoms with Gasteiger partial charge in [-0.3, -0.25) is 0 Å². The fourth-order valence-corrected chi connectivity index (χ4v) is 3.37. The lowest BCUT2D eigenvalue weighted by molar-refractivity contribution is -0.646. The summed E-state index contributed by atoms with van der Waals surface area (Å²) in [5.41, 5.74) is 2.11. The topological polar surface area (TPSA) is 59.6 Å². The van der Waals surface area contributed by atoms with Gasteiger partial charge in [-0.05, 0) is 24.6 Å². The van der Waals surface area contributed by atoms with Gasteiger partial charge in [0.1, 0.15) is 7.05 Å². The van der Waals surface area contributed by atoms with Crippen molar-refractivity contribution < 1.29 is 23.9 Å². The first-order valence-electron chi connectivity index (χ1n) is 7.97. The molecule has 2 aromatic carbocycles. The maximum absolute atomic E-state index is 11.7. The molecule has 0 radical (unpaired) electrons. The number of benzene rings is 2. The van der Waals surface area contributed by atoms with Crippen molar-refractivity contribution in [1.82, 2.24) is 0 Å². The number of carbonyl (C=O) groups is 1. The molecule has 4 rings (SSSR count). The Morgan fingerprint density at radius 1 is 1.08 bits per heavy atom. The van der Waals surface area contributed by atoms with Crippen LogP contribution in [0.2, 0.25) is 0 Å². The van der Waals surface area contributed by atoms with Gasteiger partial charge in [-0.1, -0.05) is 18.2 Å². The van der Waals surface area contributed by atoms with E-state index in [1.807, 2.05) is 42.5 Å². The van der Waals surface area contributed by atoms with E-state index in [0.29, 0.717) is 13.2 Å². The van der Waals surface area contributed by atoms with E-state index in [0.717, 1.165) is 33.7 Å². The van der Waals surface area contributed by atoms with Gasteiger partial charge in [0.2, 0.25) is 5.52 Å². The fourth-order valence-electron chi connectivity index (χ4n) is 3.37. The molecule has 3 aromatic rings. The van der Waals surface area contributed by atoms with E-state index in [4.69, 9.17) is 9.47 Å². The molecule has 0 amide bonds. The Morgan fingerprint density at radius 2 is 1.79 bits per heavy atom. The Hall–Kier alpha value is -2.50. The predicted octanol–water partition coefficient (Wildman–Crippen LogP) is 2.95. The van der Waals surface area contributed by atoms with E-state index in [1.165, 1.54) is 0 Å². The molecule has 0 saturated carbocycles. The van der Waals surface area contributed by atoms with Gasteiger partial charge in [0.15, 0.2) is 6.29 Å². The summed E-state index contributed by atoms with van der Waals surface area (Å²) < 4.78 is 13.1. The van der Waals surface area contributed by atoms with Gasteiger partial charge in [-0.15, -0.1) is 0 Å². The van der Waals surface area contributed by atoms with E-state index in [2.05, 4.69) is 0 Å². The third kappa shape index (κ3) is 2.33. The first-order valence-corrected chi connectivity index (χ1v) is 7.97. The molecule has 1 aliphatic rings. The number of fused-ring (bicyclic) bond motifs is 3. The summed E-state index contributed by atoms with van der Waals surface area (Å²) in [7, 11) is 1.78. The number of carboxylic acid groups (broad SMARTS) is 1. The van der Waals surface area contributed by atoms with Gasteiger partial charge in [0.05, 0.1) is 24.0 Å². The number of aromatic nitrogens is 1. The minimum Gasteiger partial charge on any atom is -0.473 e. The largest absolute Gasteiger partial charge is 0.473 e. The number of rotatable bonds is 2. The summed E-state index contributed by atoms with van der Waals surface area (Å²) in [5.74, 6) is -0.932. The Labute approximate surface area is 139 Å². The average Bonchev–Trinajstić information content (AvgIpc) is 2.62. The molecule has 1 fully saturated rings. The average molecular weight is 324 g/mol. The van der Waals surface area contributed by atoms with E-state index < -0.39 is 5.97 Å². The summed E-state index contributed by atoms with van der Waals surface area (Å²) >= 11 is 0. The molecule has 1 aliphatic heterocycles. The zero-order chi connectivity index (χ0) is 16.7. The molecule has 5 heteroatoms. The Morgan fingerprint density at radius 3 is 2.50 bits per heavy atom. The number of hydrogen-bond acceptors (Lipinski definition) is 3. The molecule has 0 unspecified atom stereocenters. The van der Waals surface area contributed by atoms with Crippen molar-refractivity contribution in [3.05, 3.63) is 53.7 Å². The molecule has 0 aliphatic carbocycles. The maximum atomic E-state index is 11.7. The lowest BCUT2D eigenvalue weighted by Gasteiger charge is -2.23. The van der Waals surface area contributed by atoms with Crippen LogP contribution in [-0.4, -0.2) is 24.3 Å². The van der Waals surface area contributed by atoms with Gasteiger partial charge in [0.25, 0.3) is 5.69 Å². The van der Waals surface area contributed by atoms with Gasteiger partial charge < -0.3 is 14.6 Å². The van der Waals surface area contributed by atoms with Crippen LogP contribution in [0.3, 0.4) is 0 Å². The van der Waals surface area contributed by atoms with Crippen LogP contribution >= 0.6 is 0 Å². The van der Waals surface area contributed by atoms with Crippen molar-refractivity contribution in [1.29, 1.82) is 0 Å². The molecule has 2 heterocycles. The summed E-state index contributed by atoms with van der Waals surface area (Å²) in [5, 5.41) is 12.3. The lowest BCUT2D eigenvalue weighted by atomic mass is 10.0. The Balaban J connectivity index is 2.01. The number of aromatic carboxylic acids is 1. The molecule has 0 spiro atoms. The minimum atomic E-state index is -0.932. The van der Waals surface area contributed by atoms with Gasteiger partial charge >= 0.3 is 5.97 Å². The van der Waals surface area contributed by atoms with Crippen molar-refractivity contribution in [3.63, 3.8) is 0 Å². The smallest absolute Gasteiger partial charge is 0.401 e. The SMILES string of the molecule is C[n+]1c(C(=O)O)c2ccccc2c2cc(C3OCCCO3)ccc21. The monoisotopic (exact) mass is 324 g/mol. The predicted molar refractivity (Wildman–Crippen MR) is 88.9 cm³/mol. The van der Waals surface area contributed by atoms with Gasteiger partial charge in [-0.2, -0.15) is 4.57 Å². The molecule has 1 aromatic heterocycles. The maximum Gasteiger partial charge on any atom is 0.401 e. The number of nitrogens with zero attached hydrogens (tertiary/aromatic N) is 1. The van der Waals surface area contributed by atoms with Crippen LogP contribution in [-0.2, 0) is 16.5 Å². The highest BCUT2D eigenvalue weighted by Crippen LogP contribution is 2.30. The summed E-state index contributed by atoms with van der Waals surface area (Å²) in [4.78, 5) is 11.7. The van der Waals surface area contributed by atoms with Crippen molar-refractivity contribution in [2.75, 3.05) is 13.2 Å².